The highest BCUT2D eigenvalue weighted by Gasteiger charge is 2.09. The molecule has 3 aromatic rings. The minimum Gasteiger partial charge on any atom is -0.494 e. The van der Waals surface area contributed by atoms with Crippen LogP contribution in [0.5, 0.6) is 11.5 Å². The fourth-order valence-electron chi connectivity index (χ4n) is 3.90. The van der Waals surface area contributed by atoms with Crippen LogP contribution in [0.3, 0.4) is 0 Å². The predicted octanol–water partition coefficient (Wildman–Crippen LogP) is 7.78. The molecule has 0 amide bonds. The molecule has 0 aliphatic carbocycles. The summed E-state index contributed by atoms with van der Waals surface area (Å²) in [5.41, 5.74) is 4.13. The van der Waals surface area contributed by atoms with Crippen LogP contribution < -0.4 is 9.47 Å². The lowest BCUT2D eigenvalue weighted by molar-refractivity contribution is 0.0734. The Morgan fingerprint density at radius 2 is 1.37 bits per heavy atom. The molecule has 0 saturated heterocycles. The van der Waals surface area contributed by atoms with E-state index in [9.17, 15) is 4.79 Å². The number of unbranched alkanes of at least 4 members (excludes halogenated alkanes) is 5. The average molecular weight is 474 g/mol. The minimum atomic E-state index is -0.365. The number of benzene rings is 2. The van der Waals surface area contributed by atoms with E-state index in [0.717, 1.165) is 37.1 Å². The number of hydrogen-bond donors (Lipinski definition) is 0. The third-order valence-electron chi connectivity index (χ3n) is 6.12. The number of hydrogen-bond acceptors (Lipinski definition) is 4. The van der Waals surface area contributed by atoms with Gasteiger partial charge in [0.1, 0.15) is 11.5 Å². The second kappa shape index (κ2) is 15.0. The van der Waals surface area contributed by atoms with Crippen molar-refractivity contribution in [2.75, 3.05) is 6.61 Å². The Bertz CT molecular complexity index is 995. The lowest BCUT2D eigenvalue weighted by atomic mass is 10.1. The van der Waals surface area contributed by atoms with Gasteiger partial charge in [-0.1, -0.05) is 64.2 Å². The van der Waals surface area contributed by atoms with Crippen LogP contribution in [-0.2, 0) is 19.3 Å². The van der Waals surface area contributed by atoms with Crippen LogP contribution in [0.15, 0.2) is 66.9 Å². The zero-order valence-electron chi connectivity index (χ0n) is 21.3. The van der Waals surface area contributed by atoms with Crippen LogP contribution >= 0.6 is 0 Å². The lowest BCUT2D eigenvalue weighted by Gasteiger charge is -2.08. The Balaban J connectivity index is 1.42. The van der Waals surface area contributed by atoms with Crippen molar-refractivity contribution in [2.24, 2.45) is 0 Å². The van der Waals surface area contributed by atoms with E-state index < -0.39 is 0 Å². The normalized spacial score (nSPS) is 10.8. The molecule has 0 radical (unpaired) electrons. The summed E-state index contributed by atoms with van der Waals surface area (Å²) in [5, 5.41) is 0. The molecule has 0 saturated carbocycles. The zero-order chi connectivity index (χ0) is 24.7. The number of pyridine rings is 1. The van der Waals surface area contributed by atoms with E-state index in [2.05, 4.69) is 31.0 Å². The fourth-order valence-corrected chi connectivity index (χ4v) is 3.90. The van der Waals surface area contributed by atoms with Gasteiger partial charge in [-0.3, -0.25) is 4.98 Å². The molecule has 0 atom stereocenters. The highest BCUT2D eigenvalue weighted by atomic mass is 16.5. The summed E-state index contributed by atoms with van der Waals surface area (Å²) in [7, 11) is 0. The Morgan fingerprint density at radius 1 is 0.686 bits per heavy atom. The molecule has 4 heteroatoms. The molecule has 0 aliphatic rings. The van der Waals surface area contributed by atoms with Gasteiger partial charge in [0.2, 0.25) is 0 Å². The van der Waals surface area contributed by atoms with Crippen LogP contribution in [-0.4, -0.2) is 17.6 Å². The van der Waals surface area contributed by atoms with Crippen molar-refractivity contribution in [3.05, 3.63) is 89.2 Å². The van der Waals surface area contributed by atoms with E-state index in [4.69, 9.17) is 9.47 Å². The molecule has 0 spiro atoms. The van der Waals surface area contributed by atoms with E-state index in [-0.39, 0.29) is 5.97 Å². The van der Waals surface area contributed by atoms with Gasteiger partial charge < -0.3 is 9.47 Å². The summed E-state index contributed by atoms with van der Waals surface area (Å²) in [6.45, 7) is 5.12. The second-order valence-corrected chi connectivity index (χ2v) is 9.08. The maximum atomic E-state index is 12.5. The molecule has 3 rings (SSSR count). The van der Waals surface area contributed by atoms with Crippen molar-refractivity contribution in [1.82, 2.24) is 4.98 Å². The summed E-state index contributed by atoms with van der Waals surface area (Å²) < 4.78 is 11.3. The van der Waals surface area contributed by atoms with Crippen molar-refractivity contribution in [3.63, 3.8) is 0 Å². The van der Waals surface area contributed by atoms with Gasteiger partial charge in [0.05, 0.1) is 12.2 Å². The monoisotopic (exact) mass is 473 g/mol. The Hall–Kier alpha value is -3.14. The van der Waals surface area contributed by atoms with Crippen LogP contribution in [0.2, 0.25) is 0 Å². The Labute approximate surface area is 210 Å². The largest absolute Gasteiger partial charge is 0.494 e. The highest BCUT2D eigenvalue weighted by molar-refractivity contribution is 5.91. The first-order valence-electron chi connectivity index (χ1n) is 13.2. The number of carbonyl (C=O) groups excluding carboxylic acids is 1. The molecule has 1 aromatic heterocycles. The molecule has 0 aliphatic heterocycles. The van der Waals surface area contributed by atoms with E-state index in [1.807, 2.05) is 42.6 Å². The lowest BCUT2D eigenvalue weighted by Crippen LogP contribution is -2.08. The first kappa shape index (κ1) is 26.5. The molecule has 0 bridgehead atoms. The number of carbonyl (C=O) groups is 1. The molecule has 4 nitrogen and oxygen atoms in total. The van der Waals surface area contributed by atoms with Crippen LogP contribution in [0.25, 0.3) is 0 Å². The fraction of sp³-hybridized carbons (Fsp3) is 0.419. The average Bonchev–Trinajstić information content (AvgIpc) is 2.89. The maximum absolute atomic E-state index is 12.5. The van der Waals surface area contributed by atoms with Crippen LogP contribution in [0, 0.1) is 0 Å². The Kier molecular flexibility index (Phi) is 11.3. The van der Waals surface area contributed by atoms with Crippen LogP contribution in [0.4, 0.5) is 0 Å². The van der Waals surface area contributed by atoms with E-state index in [0.29, 0.717) is 17.9 Å². The van der Waals surface area contributed by atoms with Crippen molar-refractivity contribution >= 4 is 5.97 Å². The minimum absolute atomic E-state index is 0.365. The summed E-state index contributed by atoms with van der Waals surface area (Å²) in [4.78, 5) is 17.1. The Morgan fingerprint density at radius 3 is 2.06 bits per heavy atom. The third kappa shape index (κ3) is 9.56. The van der Waals surface area contributed by atoms with Gasteiger partial charge in [0, 0.05) is 11.9 Å². The predicted molar refractivity (Wildman–Crippen MR) is 142 cm³/mol. The SMILES string of the molecule is CCCCCCOc1ccc(C(=O)Oc2ccc(CCc3ccc(CCCCC)cn3)cc2)cc1. The molecular formula is C31H39NO3. The van der Waals surface area contributed by atoms with Gasteiger partial charge in [-0.05, 0) is 85.7 Å². The molecule has 2 aromatic carbocycles. The molecule has 0 N–H and O–H groups in total. The first-order valence-corrected chi connectivity index (χ1v) is 13.2. The van der Waals surface area contributed by atoms with Gasteiger partial charge in [-0.2, -0.15) is 0 Å². The number of esters is 1. The topological polar surface area (TPSA) is 48.4 Å². The van der Waals surface area contributed by atoms with Gasteiger partial charge >= 0.3 is 5.97 Å². The molecule has 0 unspecified atom stereocenters. The number of nitrogens with zero attached hydrogens (tertiary/aromatic N) is 1. The standard InChI is InChI=1S/C31H39NO3/c1-3-5-7-9-23-34-29-21-15-27(16-22-29)31(33)35-30-19-13-25(14-20-30)11-17-28-18-12-26(24-32-28)10-8-6-4-2/h12-16,18-22,24H,3-11,17,23H2,1-2H3. The molecule has 0 fully saturated rings. The van der Waals surface area contributed by atoms with Gasteiger partial charge in [-0.25, -0.2) is 4.79 Å². The third-order valence-corrected chi connectivity index (χ3v) is 6.12. The summed E-state index contributed by atoms with van der Waals surface area (Å²) >= 11 is 0. The summed E-state index contributed by atoms with van der Waals surface area (Å²) in [5.74, 6) is 0.961. The summed E-state index contributed by atoms with van der Waals surface area (Å²) in [6.07, 6.45) is 13.3. The summed E-state index contributed by atoms with van der Waals surface area (Å²) in [6, 6.07) is 19.2. The molecule has 186 valence electrons. The van der Waals surface area contributed by atoms with Crippen molar-refractivity contribution in [1.29, 1.82) is 0 Å². The van der Waals surface area contributed by atoms with Crippen LogP contribution in [0.1, 0.15) is 86.0 Å². The first-order chi connectivity index (χ1) is 17.2. The molecule has 1 heterocycles. The number of aromatic nitrogens is 1. The zero-order valence-corrected chi connectivity index (χ0v) is 21.3. The smallest absolute Gasteiger partial charge is 0.343 e. The van der Waals surface area contributed by atoms with Gasteiger partial charge in [0.25, 0.3) is 0 Å². The number of aryl methyl sites for hydroxylation is 3. The number of rotatable bonds is 15. The van der Waals surface area contributed by atoms with E-state index >= 15 is 0 Å². The van der Waals surface area contributed by atoms with Gasteiger partial charge in [0.15, 0.2) is 0 Å². The van der Waals surface area contributed by atoms with Crippen molar-refractivity contribution < 1.29 is 14.3 Å². The van der Waals surface area contributed by atoms with Crippen molar-refractivity contribution in [3.8, 4) is 11.5 Å². The quantitative estimate of drug-likeness (QED) is 0.128. The maximum Gasteiger partial charge on any atom is 0.343 e. The van der Waals surface area contributed by atoms with Crippen molar-refractivity contribution in [2.45, 2.75) is 78.1 Å². The molecule has 35 heavy (non-hydrogen) atoms. The molecular weight excluding hydrogens is 434 g/mol. The van der Waals surface area contributed by atoms with E-state index in [1.165, 1.54) is 49.7 Å². The highest BCUT2D eigenvalue weighted by Crippen LogP contribution is 2.18. The second-order valence-electron chi connectivity index (χ2n) is 9.08. The number of ether oxygens (including phenoxy) is 2. The van der Waals surface area contributed by atoms with Gasteiger partial charge in [-0.15, -0.1) is 0 Å². The van der Waals surface area contributed by atoms with E-state index in [1.54, 1.807) is 12.1 Å².